The highest BCUT2D eigenvalue weighted by Gasteiger charge is 2.20. The lowest BCUT2D eigenvalue weighted by atomic mass is 9.95. The third kappa shape index (κ3) is 7.05. The molecule has 2 atom stereocenters. The summed E-state index contributed by atoms with van der Waals surface area (Å²) in [5.74, 6) is 0.654. The highest BCUT2D eigenvalue weighted by atomic mass is 16.5. The summed E-state index contributed by atoms with van der Waals surface area (Å²) in [6.45, 7) is 4.78. The summed E-state index contributed by atoms with van der Waals surface area (Å²) in [5.41, 5.74) is 1.62. The second-order valence-corrected chi connectivity index (χ2v) is 8.97. The zero-order valence-electron chi connectivity index (χ0n) is 19.6. The summed E-state index contributed by atoms with van der Waals surface area (Å²) in [5, 5.41) is 15.7. The fraction of sp³-hybridized carbons (Fsp3) is 0.739. The van der Waals surface area contributed by atoms with Gasteiger partial charge in [-0.3, -0.25) is 4.79 Å². The molecular weight excluding hydrogens is 408 g/mol. The van der Waals surface area contributed by atoms with E-state index in [0.717, 1.165) is 42.7 Å². The Morgan fingerprint density at radius 1 is 1.19 bits per heavy atom. The summed E-state index contributed by atoms with van der Waals surface area (Å²) in [4.78, 5) is 24.5. The van der Waals surface area contributed by atoms with E-state index < -0.39 is 5.97 Å². The van der Waals surface area contributed by atoms with Gasteiger partial charge in [0.05, 0.1) is 18.5 Å². The minimum atomic E-state index is -0.724. The molecule has 0 radical (unpaired) electrons. The summed E-state index contributed by atoms with van der Waals surface area (Å²) in [6, 6.07) is 0.474. The molecule has 2 heterocycles. The fourth-order valence-corrected chi connectivity index (χ4v) is 4.08. The van der Waals surface area contributed by atoms with Crippen molar-refractivity contribution in [3.05, 3.63) is 6.33 Å². The maximum absolute atomic E-state index is 10.5. The highest BCUT2D eigenvalue weighted by molar-refractivity contribution is 5.84. The van der Waals surface area contributed by atoms with Gasteiger partial charge in [-0.1, -0.05) is 32.1 Å². The molecule has 3 N–H and O–H groups in total. The van der Waals surface area contributed by atoms with Crippen LogP contribution < -0.4 is 10.6 Å². The van der Waals surface area contributed by atoms with Crippen LogP contribution in [0.1, 0.15) is 78.1 Å². The number of rotatable bonds is 13. The number of unbranched alkanes of at least 4 members (excludes halogenated alkanes) is 3. The van der Waals surface area contributed by atoms with Crippen molar-refractivity contribution in [3.8, 4) is 0 Å². The molecule has 2 aromatic heterocycles. The Bertz CT molecular complexity index is 865. The normalized spacial score (nSPS) is 16.7. The zero-order valence-corrected chi connectivity index (χ0v) is 19.6. The minimum absolute atomic E-state index is 0.00499. The third-order valence-electron chi connectivity index (χ3n) is 6.23. The van der Waals surface area contributed by atoms with Crippen LogP contribution in [0.5, 0.6) is 0 Å². The third-order valence-corrected chi connectivity index (χ3v) is 6.23. The molecule has 0 aromatic carbocycles. The Labute approximate surface area is 190 Å². The number of ether oxygens (including phenoxy) is 1. The lowest BCUT2D eigenvalue weighted by Gasteiger charge is -2.24. The number of aryl methyl sites for hydroxylation is 1. The molecule has 9 nitrogen and oxygen atoms in total. The lowest BCUT2D eigenvalue weighted by molar-refractivity contribution is -0.137. The number of nitrogens with zero attached hydrogens (tertiary/aromatic N) is 4. The second kappa shape index (κ2) is 12.0. The van der Waals surface area contributed by atoms with Crippen LogP contribution in [-0.4, -0.2) is 55.4 Å². The van der Waals surface area contributed by atoms with Gasteiger partial charge in [0.2, 0.25) is 5.95 Å². The van der Waals surface area contributed by atoms with Crippen molar-refractivity contribution in [2.75, 3.05) is 17.2 Å². The summed E-state index contributed by atoms with van der Waals surface area (Å²) >= 11 is 0. The highest BCUT2D eigenvalue weighted by Crippen LogP contribution is 2.26. The van der Waals surface area contributed by atoms with Crippen LogP contribution in [0.2, 0.25) is 0 Å². The van der Waals surface area contributed by atoms with Gasteiger partial charge in [0.15, 0.2) is 17.0 Å². The van der Waals surface area contributed by atoms with Crippen LogP contribution in [0.15, 0.2) is 6.33 Å². The van der Waals surface area contributed by atoms with Gasteiger partial charge in [-0.2, -0.15) is 9.97 Å². The molecule has 0 bridgehead atoms. The van der Waals surface area contributed by atoms with Crippen molar-refractivity contribution < 1.29 is 14.6 Å². The summed E-state index contributed by atoms with van der Waals surface area (Å²) in [7, 11) is 1.95. The first-order valence-corrected chi connectivity index (χ1v) is 12.0. The number of nitrogens with one attached hydrogen (secondary N) is 2. The van der Waals surface area contributed by atoms with Gasteiger partial charge in [0, 0.05) is 26.1 Å². The monoisotopic (exact) mass is 446 g/mol. The van der Waals surface area contributed by atoms with E-state index in [1.807, 2.05) is 18.5 Å². The Morgan fingerprint density at radius 3 is 2.69 bits per heavy atom. The Morgan fingerprint density at radius 2 is 1.94 bits per heavy atom. The number of carboxylic acids is 1. The fourth-order valence-electron chi connectivity index (χ4n) is 4.08. The number of hydrogen-bond donors (Lipinski definition) is 3. The van der Waals surface area contributed by atoms with Crippen molar-refractivity contribution in [2.45, 2.75) is 96.2 Å². The minimum Gasteiger partial charge on any atom is -0.481 e. The number of fused-ring (bicyclic) bond motifs is 1. The van der Waals surface area contributed by atoms with Crippen LogP contribution in [0.25, 0.3) is 11.2 Å². The van der Waals surface area contributed by atoms with Gasteiger partial charge < -0.3 is 25.0 Å². The van der Waals surface area contributed by atoms with Crippen molar-refractivity contribution >= 4 is 28.9 Å². The summed E-state index contributed by atoms with van der Waals surface area (Å²) in [6.07, 6.45) is 11.7. The number of carbonyl (C=O) groups is 1. The standard InChI is InChI=1S/C23H38N6O3/c1-16(17(2)32-14-10-5-4-9-13-19(30)31)25-23-27-21(26-18-11-7-6-8-12-18)20-22(28-23)29(3)15-24-20/h15-18H,4-14H2,1-3H3,(H,30,31)(H2,25,26,27,28)/t16-,17?/m0/s1. The Balaban J connectivity index is 1.53. The molecule has 0 saturated heterocycles. The molecule has 1 saturated carbocycles. The first-order chi connectivity index (χ1) is 15.4. The van der Waals surface area contributed by atoms with E-state index in [4.69, 9.17) is 19.8 Å². The Kier molecular flexibility index (Phi) is 9.08. The van der Waals surface area contributed by atoms with E-state index in [2.05, 4.69) is 22.5 Å². The van der Waals surface area contributed by atoms with Crippen molar-refractivity contribution in [3.63, 3.8) is 0 Å². The van der Waals surface area contributed by atoms with Crippen LogP contribution in [0.4, 0.5) is 11.8 Å². The predicted octanol–water partition coefficient (Wildman–Crippen LogP) is 4.35. The average molecular weight is 447 g/mol. The largest absolute Gasteiger partial charge is 0.481 e. The molecule has 178 valence electrons. The van der Waals surface area contributed by atoms with Crippen LogP contribution in [0.3, 0.4) is 0 Å². The van der Waals surface area contributed by atoms with Gasteiger partial charge >= 0.3 is 5.97 Å². The van der Waals surface area contributed by atoms with E-state index in [0.29, 0.717) is 18.6 Å². The molecule has 0 spiro atoms. The molecule has 9 heteroatoms. The van der Waals surface area contributed by atoms with Crippen LogP contribution in [-0.2, 0) is 16.6 Å². The van der Waals surface area contributed by atoms with Gasteiger partial charge in [-0.15, -0.1) is 0 Å². The molecule has 2 aromatic rings. The maximum Gasteiger partial charge on any atom is 0.303 e. The molecule has 0 aliphatic heterocycles. The molecule has 1 fully saturated rings. The summed E-state index contributed by atoms with van der Waals surface area (Å²) < 4.78 is 7.90. The van der Waals surface area contributed by atoms with Gasteiger partial charge in [-0.05, 0) is 39.5 Å². The second-order valence-electron chi connectivity index (χ2n) is 8.97. The molecule has 32 heavy (non-hydrogen) atoms. The van der Waals surface area contributed by atoms with E-state index in [9.17, 15) is 4.79 Å². The molecule has 1 unspecified atom stereocenters. The lowest BCUT2D eigenvalue weighted by Crippen LogP contribution is -2.32. The van der Waals surface area contributed by atoms with Crippen molar-refractivity contribution in [2.24, 2.45) is 7.05 Å². The topological polar surface area (TPSA) is 114 Å². The zero-order chi connectivity index (χ0) is 22.9. The number of imidazole rings is 1. The molecular formula is C23H38N6O3. The van der Waals surface area contributed by atoms with Gasteiger partial charge in [0.25, 0.3) is 0 Å². The average Bonchev–Trinajstić information content (AvgIpc) is 3.14. The number of hydrogen-bond acceptors (Lipinski definition) is 7. The van der Waals surface area contributed by atoms with Crippen LogP contribution >= 0.6 is 0 Å². The van der Waals surface area contributed by atoms with Gasteiger partial charge in [0.1, 0.15) is 0 Å². The maximum atomic E-state index is 10.5. The van der Waals surface area contributed by atoms with E-state index in [1.165, 1.54) is 32.1 Å². The van der Waals surface area contributed by atoms with E-state index >= 15 is 0 Å². The smallest absolute Gasteiger partial charge is 0.303 e. The molecule has 1 aliphatic rings. The molecule has 0 amide bonds. The molecule has 1 aliphatic carbocycles. The predicted molar refractivity (Wildman–Crippen MR) is 126 cm³/mol. The number of carboxylic acid groups (broad SMARTS) is 1. The quantitative estimate of drug-likeness (QED) is 0.389. The SMILES string of the molecule is CC(OCCCCCCC(=O)O)[C@H](C)Nc1nc(NC2CCCCC2)c2ncn(C)c2n1. The first-order valence-electron chi connectivity index (χ1n) is 12.0. The number of aliphatic carboxylic acids is 1. The van der Waals surface area contributed by atoms with E-state index in [-0.39, 0.29) is 18.6 Å². The van der Waals surface area contributed by atoms with Crippen molar-refractivity contribution in [1.82, 2.24) is 19.5 Å². The van der Waals surface area contributed by atoms with Gasteiger partial charge in [-0.25, -0.2) is 4.98 Å². The number of aromatic nitrogens is 4. The molecule has 3 rings (SSSR count). The van der Waals surface area contributed by atoms with Crippen LogP contribution in [0, 0.1) is 0 Å². The number of anilines is 2. The Hall–Kier alpha value is -2.42. The first kappa shape index (κ1) is 24.2. The van der Waals surface area contributed by atoms with E-state index in [1.54, 1.807) is 6.33 Å². The van der Waals surface area contributed by atoms with Crippen molar-refractivity contribution in [1.29, 1.82) is 0 Å².